The van der Waals surface area contributed by atoms with Crippen molar-refractivity contribution in [2.45, 2.75) is 32.0 Å². The lowest BCUT2D eigenvalue weighted by Crippen LogP contribution is -2.52. The number of aliphatic hydroxyl groups excluding tert-OH is 1. The van der Waals surface area contributed by atoms with E-state index < -0.39 is 6.23 Å². The van der Waals surface area contributed by atoms with Gasteiger partial charge in [0.05, 0.1) is 12.5 Å². The summed E-state index contributed by atoms with van der Waals surface area (Å²) in [4.78, 5) is 28.2. The number of piperazine rings is 1. The highest BCUT2D eigenvalue weighted by Gasteiger charge is 2.32. The van der Waals surface area contributed by atoms with Crippen LogP contribution in [0.4, 0.5) is 17.3 Å². The Morgan fingerprint density at radius 2 is 1.91 bits per heavy atom. The summed E-state index contributed by atoms with van der Waals surface area (Å²) in [6.45, 7) is 7.66. The predicted octanol–water partition coefficient (Wildman–Crippen LogP) is 1.74. The Bertz CT molecular complexity index is 964. The van der Waals surface area contributed by atoms with Crippen LogP contribution in [0.15, 0.2) is 30.6 Å². The summed E-state index contributed by atoms with van der Waals surface area (Å²) in [6, 6.07) is 7.83. The Morgan fingerprint density at radius 1 is 1.21 bits per heavy atom. The summed E-state index contributed by atoms with van der Waals surface area (Å²) in [5, 5.41) is 17.5. The van der Waals surface area contributed by atoms with Crippen LogP contribution in [0.3, 0.4) is 0 Å². The molecule has 3 N–H and O–H groups in total. The fourth-order valence-corrected chi connectivity index (χ4v) is 4.41. The van der Waals surface area contributed by atoms with Crippen LogP contribution >= 0.6 is 11.6 Å². The van der Waals surface area contributed by atoms with Crippen molar-refractivity contribution in [2.75, 3.05) is 61.4 Å². The van der Waals surface area contributed by atoms with Crippen molar-refractivity contribution in [1.29, 1.82) is 0 Å². The summed E-state index contributed by atoms with van der Waals surface area (Å²) in [5.74, 6) is 1.34. The molecule has 0 saturated carbocycles. The minimum absolute atomic E-state index is 0.115. The molecule has 0 bridgehead atoms. The minimum atomic E-state index is -0.640. The Kier molecular flexibility index (Phi) is 7.21. The highest BCUT2D eigenvalue weighted by atomic mass is 35.5. The van der Waals surface area contributed by atoms with Gasteiger partial charge in [0.15, 0.2) is 11.6 Å². The molecule has 1 aromatic carbocycles. The molecule has 2 aliphatic rings. The molecule has 1 saturated heterocycles. The number of hydrogen-bond acceptors (Lipinski definition) is 8. The Morgan fingerprint density at radius 3 is 2.58 bits per heavy atom. The van der Waals surface area contributed by atoms with E-state index in [2.05, 4.69) is 39.3 Å². The highest BCUT2D eigenvalue weighted by molar-refractivity contribution is 6.30. The maximum Gasteiger partial charge on any atom is 0.231 e. The third-order valence-electron chi connectivity index (χ3n) is 6.25. The first-order valence-corrected chi connectivity index (χ1v) is 11.7. The number of rotatable bonds is 6. The smallest absolute Gasteiger partial charge is 0.231 e. The van der Waals surface area contributed by atoms with Crippen LogP contribution in [0, 0.1) is 0 Å². The third kappa shape index (κ3) is 5.15. The molecule has 0 spiro atoms. The quantitative estimate of drug-likeness (QED) is 0.583. The molecule has 178 valence electrons. The van der Waals surface area contributed by atoms with Gasteiger partial charge in [-0.3, -0.25) is 4.79 Å². The number of hydrogen-bond donors (Lipinski definition) is 3. The molecule has 2 atom stereocenters. The lowest BCUT2D eigenvalue weighted by atomic mass is 9.96. The van der Waals surface area contributed by atoms with Crippen molar-refractivity contribution in [2.24, 2.45) is 0 Å². The Hall–Kier alpha value is -2.62. The number of nitrogens with one attached hydrogen (secondary N) is 2. The van der Waals surface area contributed by atoms with Crippen molar-refractivity contribution in [1.82, 2.24) is 20.2 Å². The molecule has 33 heavy (non-hydrogen) atoms. The number of aromatic nitrogens is 2. The van der Waals surface area contributed by atoms with Gasteiger partial charge in [0, 0.05) is 50.8 Å². The predicted molar refractivity (Wildman–Crippen MR) is 131 cm³/mol. The monoisotopic (exact) mass is 473 g/mol. The van der Waals surface area contributed by atoms with Gasteiger partial charge in [0.1, 0.15) is 18.2 Å². The first-order chi connectivity index (χ1) is 15.8. The molecule has 1 aromatic heterocycles. The summed E-state index contributed by atoms with van der Waals surface area (Å²) in [7, 11) is 1.84. The molecule has 1 unspecified atom stereocenters. The van der Waals surface area contributed by atoms with Gasteiger partial charge in [0.2, 0.25) is 5.91 Å². The van der Waals surface area contributed by atoms with Crippen LogP contribution in [0.2, 0.25) is 5.02 Å². The van der Waals surface area contributed by atoms with Gasteiger partial charge < -0.3 is 30.4 Å². The van der Waals surface area contributed by atoms with Crippen molar-refractivity contribution in [3.8, 4) is 0 Å². The average molecular weight is 474 g/mol. The number of fused-ring (bicyclic) bond motifs is 1. The lowest BCUT2D eigenvalue weighted by molar-refractivity contribution is -0.133. The van der Waals surface area contributed by atoms with Crippen molar-refractivity contribution in [3.63, 3.8) is 0 Å². The Balaban J connectivity index is 1.47. The Labute approximate surface area is 199 Å². The first kappa shape index (κ1) is 23.5. The van der Waals surface area contributed by atoms with Gasteiger partial charge in [-0.2, -0.15) is 0 Å². The van der Waals surface area contributed by atoms with E-state index in [1.807, 2.05) is 36.2 Å². The third-order valence-corrected chi connectivity index (χ3v) is 6.50. The van der Waals surface area contributed by atoms with Crippen LogP contribution in [-0.4, -0.2) is 84.5 Å². The standard InChI is InChI=1S/C23H32ClN7O2/c1-15(2)25-12-18(16-4-6-17(24)7-5-16)23(33)31-10-8-30(9-11-31)22-20-21(27-14-28-22)26-13-19(32)29(20)3/h4-7,14-15,18-19,25,32H,8-13H2,1-3H3,(H,26,27,28)/t18-,19?/m1/s1. The fraction of sp³-hybridized carbons (Fsp3) is 0.522. The number of anilines is 3. The van der Waals surface area contributed by atoms with E-state index >= 15 is 0 Å². The van der Waals surface area contributed by atoms with E-state index in [0.29, 0.717) is 50.1 Å². The molecule has 1 amide bonds. The largest absolute Gasteiger partial charge is 0.372 e. The number of carbonyl (C=O) groups is 1. The number of amides is 1. The maximum absolute atomic E-state index is 13.5. The van der Waals surface area contributed by atoms with Crippen molar-refractivity contribution < 1.29 is 9.90 Å². The molecule has 1 fully saturated rings. The van der Waals surface area contributed by atoms with E-state index in [4.69, 9.17) is 11.6 Å². The highest BCUT2D eigenvalue weighted by Crippen LogP contribution is 2.36. The summed E-state index contributed by atoms with van der Waals surface area (Å²) >= 11 is 6.07. The number of carbonyl (C=O) groups excluding carboxylic acids is 1. The minimum Gasteiger partial charge on any atom is -0.372 e. The van der Waals surface area contributed by atoms with Gasteiger partial charge >= 0.3 is 0 Å². The van der Waals surface area contributed by atoms with Gasteiger partial charge in [-0.15, -0.1) is 0 Å². The molecule has 0 radical (unpaired) electrons. The molecule has 3 heterocycles. The van der Waals surface area contributed by atoms with Crippen molar-refractivity contribution >= 4 is 34.8 Å². The molecule has 9 nitrogen and oxygen atoms in total. The lowest BCUT2D eigenvalue weighted by Gasteiger charge is -2.40. The van der Waals surface area contributed by atoms with E-state index in [1.165, 1.54) is 0 Å². The second kappa shape index (κ2) is 10.1. The topological polar surface area (TPSA) is 96.9 Å². The SMILES string of the molecule is CC(C)NC[C@@H](C(=O)N1CCN(c2ncnc3c2N(C)C(O)CN3)CC1)c1ccc(Cl)cc1. The number of nitrogens with zero attached hydrogens (tertiary/aromatic N) is 5. The summed E-state index contributed by atoms with van der Waals surface area (Å²) in [5.41, 5.74) is 1.75. The molecule has 2 aromatic rings. The average Bonchev–Trinajstić information content (AvgIpc) is 2.82. The number of β-amino-alcohol motifs (C(OH)–C–C–N with tert-alkyl or cyclic N) is 1. The summed E-state index contributed by atoms with van der Waals surface area (Å²) < 4.78 is 0. The van der Waals surface area contributed by atoms with Crippen LogP contribution in [0.1, 0.15) is 25.3 Å². The molecular weight excluding hydrogens is 442 g/mol. The molecule has 0 aliphatic carbocycles. The van der Waals surface area contributed by atoms with E-state index in [9.17, 15) is 9.90 Å². The molecular formula is C23H32ClN7O2. The second-order valence-electron chi connectivity index (χ2n) is 8.85. The van der Waals surface area contributed by atoms with Gasteiger partial charge in [0.25, 0.3) is 0 Å². The zero-order valence-corrected chi connectivity index (χ0v) is 20.1. The van der Waals surface area contributed by atoms with Crippen LogP contribution in [-0.2, 0) is 4.79 Å². The van der Waals surface area contributed by atoms with E-state index in [0.717, 1.165) is 17.1 Å². The zero-order valence-electron chi connectivity index (χ0n) is 19.3. The fourth-order valence-electron chi connectivity index (χ4n) is 4.28. The van der Waals surface area contributed by atoms with Gasteiger partial charge in [-0.25, -0.2) is 9.97 Å². The normalized spacial score (nSPS) is 19.3. The first-order valence-electron chi connectivity index (χ1n) is 11.4. The van der Waals surface area contributed by atoms with Crippen LogP contribution in [0.5, 0.6) is 0 Å². The maximum atomic E-state index is 13.5. The second-order valence-corrected chi connectivity index (χ2v) is 9.28. The van der Waals surface area contributed by atoms with Crippen molar-refractivity contribution in [3.05, 3.63) is 41.2 Å². The molecule has 2 aliphatic heterocycles. The molecule has 10 heteroatoms. The van der Waals surface area contributed by atoms with Gasteiger partial charge in [-0.1, -0.05) is 37.6 Å². The van der Waals surface area contributed by atoms with Gasteiger partial charge in [-0.05, 0) is 17.7 Å². The van der Waals surface area contributed by atoms with E-state index in [1.54, 1.807) is 11.2 Å². The summed E-state index contributed by atoms with van der Waals surface area (Å²) in [6.07, 6.45) is 0.900. The number of aliphatic hydroxyl groups is 1. The number of halogens is 1. The van der Waals surface area contributed by atoms with Crippen LogP contribution in [0.25, 0.3) is 0 Å². The number of likely N-dealkylation sites (N-methyl/N-ethyl adjacent to an activating group) is 1. The molecule has 4 rings (SSSR count). The van der Waals surface area contributed by atoms with E-state index in [-0.39, 0.29) is 17.9 Å². The number of benzene rings is 1. The zero-order chi connectivity index (χ0) is 23.5. The van der Waals surface area contributed by atoms with Crippen LogP contribution < -0.4 is 20.4 Å².